The first-order valence-electron chi connectivity index (χ1n) is 12.9. The van der Waals surface area contributed by atoms with Gasteiger partial charge in [0.1, 0.15) is 17.3 Å². The molecule has 1 saturated heterocycles. The summed E-state index contributed by atoms with van der Waals surface area (Å²) in [5.74, 6) is -2.50. The van der Waals surface area contributed by atoms with Crippen molar-refractivity contribution in [2.24, 2.45) is 5.41 Å². The van der Waals surface area contributed by atoms with E-state index in [0.717, 1.165) is 0 Å². The van der Waals surface area contributed by atoms with Crippen molar-refractivity contribution in [3.05, 3.63) is 63.4 Å². The van der Waals surface area contributed by atoms with E-state index in [1.807, 2.05) is 20.8 Å². The van der Waals surface area contributed by atoms with Crippen molar-refractivity contribution >= 4 is 51.1 Å². The van der Waals surface area contributed by atoms with Gasteiger partial charge in [-0.1, -0.05) is 63.5 Å². The van der Waals surface area contributed by atoms with Gasteiger partial charge >= 0.3 is 10.4 Å². The van der Waals surface area contributed by atoms with Gasteiger partial charge in [0.25, 0.3) is 0 Å². The summed E-state index contributed by atoms with van der Waals surface area (Å²) in [7, 11) is -4.81. The van der Waals surface area contributed by atoms with E-state index in [-0.39, 0.29) is 30.8 Å². The third-order valence-corrected chi connectivity index (χ3v) is 8.46. The summed E-state index contributed by atoms with van der Waals surface area (Å²) in [5.41, 5.74) is -0.452. The minimum atomic E-state index is -4.81. The molecule has 4 rings (SSSR count). The Balaban J connectivity index is 0.00000484. The minimum Gasteiger partial charge on any atom is -0.394 e. The number of rotatable bonds is 9. The van der Waals surface area contributed by atoms with Gasteiger partial charge < -0.3 is 21.1 Å². The first-order chi connectivity index (χ1) is 19.1. The monoisotopic (exact) mass is 647 g/mol. The van der Waals surface area contributed by atoms with Crippen LogP contribution in [0.4, 0.5) is 10.1 Å². The average Bonchev–Trinajstić information content (AvgIpc) is 3.32. The number of aliphatic hydroxyl groups is 1. The Hall–Kier alpha value is -2.32. The molecule has 0 saturated carbocycles. The average molecular weight is 649 g/mol. The van der Waals surface area contributed by atoms with Crippen molar-refractivity contribution < 1.29 is 36.2 Å². The molecule has 5 N–H and O–H groups in total. The highest BCUT2D eigenvalue weighted by Crippen LogP contribution is 2.57. The molecule has 2 aliphatic rings. The van der Waals surface area contributed by atoms with Crippen LogP contribution in [-0.4, -0.2) is 61.2 Å². The second kappa shape index (κ2) is 12.7. The fourth-order valence-electron chi connectivity index (χ4n) is 5.94. The van der Waals surface area contributed by atoms with Gasteiger partial charge in [0, 0.05) is 29.2 Å². The van der Waals surface area contributed by atoms with E-state index in [1.165, 1.54) is 12.1 Å². The maximum absolute atomic E-state index is 15.0. The van der Waals surface area contributed by atoms with E-state index in [2.05, 4.69) is 20.1 Å². The lowest BCUT2D eigenvalue weighted by molar-refractivity contribution is -0.123. The van der Waals surface area contributed by atoms with Crippen LogP contribution < -0.4 is 16.0 Å². The Morgan fingerprint density at radius 3 is 2.52 bits per heavy atom. The number of amides is 2. The second-order valence-electron chi connectivity index (χ2n) is 11.5. The number of hydrogen-bond acceptors (Lipinski definition) is 7. The lowest BCUT2D eigenvalue weighted by Gasteiger charge is -2.37. The molecular weight excluding hydrogens is 612 g/mol. The molecule has 2 heterocycles. The maximum atomic E-state index is 15.0. The van der Waals surface area contributed by atoms with Crippen LogP contribution in [-0.2, 0) is 29.6 Å². The molecule has 0 aromatic heterocycles. The second-order valence-corrected chi connectivity index (χ2v) is 13.4. The Kier molecular flexibility index (Phi) is 10.4. The molecule has 2 aliphatic heterocycles. The molecule has 0 aliphatic carbocycles. The molecule has 5 atom stereocenters. The lowest BCUT2D eigenvalue weighted by atomic mass is 9.62. The standard InChI is InChI=1S/C27H32Cl2FN3O7S.CH4/c1-26(2,3)12-21-27(17-10-19(30)18(29)11-20(17)32-25(27)36)22(14-5-4-6-15(28)9-14)23(33-21)24(35)31-8-7-16(13-34)40-41(37,38)39;/h4-6,9-11,16,21-23,33-34H,7-8,12-13H2,1-3H3,(H,31,35)(H,32,36)(H,37,38,39);1H4. The lowest BCUT2D eigenvalue weighted by Crippen LogP contribution is -2.49. The maximum Gasteiger partial charge on any atom is 0.397 e. The SMILES string of the molecule is C.CC(C)(C)CC1NC(C(=O)NCCC(CO)OS(=O)(=O)O)C(c2cccc(Cl)c2)C12C(=O)Nc1cc(Cl)c(F)cc12. The quantitative estimate of drug-likeness (QED) is 0.254. The number of aliphatic hydroxyl groups excluding tert-OH is 1. The van der Waals surface area contributed by atoms with E-state index in [9.17, 15) is 27.5 Å². The third kappa shape index (κ3) is 6.91. The summed E-state index contributed by atoms with van der Waals surface area (Å²) >= 11 is 12.4. The van der Waals surface area contributed by atoms with Gasteiger partial charge in [0.05, 0.1) is 17.7 Å². The number of halogens is 3. The van der Waals surface area contributed by atoms with Gasteiger partial charge in [0.15, 0.2) is 0 Å². The number of anilines is 1. The van der Waals surface area contributed by atoms with Crippen LogP contribution in [0, 0.1) is 11.2 Å². The summed E-state index contributed by atoms with van der Waals surface area (Å²) < 4.78 is 50.4. The van der Waals surface area contributed by atoms with E-state index in [4.69, 9.17) is 27.8 Å². The van der Waals surface area contributed by atoms with Crippen LogP contribution in [0.2, 0.25) is 10.0 Å². The van der Waals surface area contributed by atoms with E-state index >= 15 is 0 Å². The topological polar surface area (TPSA) is 154 Å². The zero-order chi connectivity index (χ0) is 30.3. The van der Waals surface area contributed by atoms with Crippen molar-refractivity contribution in [2.75, 3.05) is 18.5 Å². The van der Waals surface area contributed by atoms with Crippen molar-refractivity contribution in [1.82, 2.24) is 10.6 Å². The molecule has 0 bridgehead atoms. The van der Waals surface area contributed by atoms with Gasteiger partial charge in [-0.25, -0.2) is 8.57 Å². The number of nitrogens with one attached hydrogen (secondary N) is 3. The molecule has 232 valence electrons. The van der Waals surface area contributed by atoms with Crippen molar-refractivity contribution in [1.29, 1.82) is 0 Å². The Morgan fingerprint density at radius 2 is 1.93 bits per heavy atom. The van der Waals surface area contributed by atoms with Crippen molar-refractivity contribution in [3.63, 3.8) is 0 Å². The predicted molar refractivity (Wildman–Crippen MR) is 159 cm³/mol. The highest BCUT2D eigenvalue weighted by molar-refractivity contribution is 7.80. The summed E-state index contributed by atoms with van der Waals surface area (Å²) in [6.07, 6.45) is -0.995. The van der Waals surface area contributed by atoms with E-state index in [0.29, 0.717) is 28.3 Å². The Morgan fingerprint density at radius 1 is 1.24 bits per heavy atom. The van der Waals surface area contributed by atoms with Gasteiger partial charge in [-0.15, -0.1) is 0 Å². The molecule has 10 nitrogen and oxygen atoms in total. The van der Waals surface area contributed by atoms with Crippen LogP contribution in [0.1, 0.15) is 58.1 Å². The molecule has 1 fully saturated rings. The zero-order valence-corrected chi connectivity index (χ0v) is 24.9. The Bertz CT molecular complexity index is 1450. The highest BCUT2D eigenvalue weighted by atomic mass is 35.5. The first-order valence-corrected chi connectivity index (χ1v) is 15.1. The molecule has 2 amide bonds. The molecule has 1 spiro atoms. The number of benzene rings is 2. The first kappa shape index (κ1) is 34.2. The number of fused-ring (bicyclic) bond motifs is 2. The van der Waals surface area contributed by atoms with E-state index < -0.39 is 64.2 Å². The van der Waals surface area contributed by atoms with Crippen LogP contribution in [0.15, 0.2) is 36.4 Å². The van der Waals surface area contributed by atoms with Gasteiger partial charge in [-0.3, -0.25) is 14.1 Å². The van der Waals surface area contributed by atoms with Crippen LogP contribution in [0.3, 0.4) is 0 Å². The Labute approximate surface area is 255 Å². The molecule has 2 aromatic carbocycles. The molecule has 14 heteroatoms. The highest BCUT2D eigenvalue weighted by Gasteiger charge is 2.65. The smallest absolute Gasteiger partial charge is 0.394 e. The van der Waals surface area contributed by atoms with Gasteiger partial charge in [-0.05, 0) is 53.6 Å². The van der Waals surface area contributed by atoms with Gasteiger partial charge in [-0.2, -0.15) is 8.42 Å². The molecule has 0 radical (unpaired) electrons. The largest absolute Gasteiger partial charge is 0.397 e. The summed E-state index contributed by atoms with van der Waals surface area (Å²) in [6, 6.07) is 7.74. The zero-order valence-electron chi connectivity index (χ0n) is 22.6. The van der Waals surface area contributed by atoms with Crippen molar-refractivity contribution in [3.8, 4) is 0 Å². The van der Waals surface area contributed by atoms with Crippen LogP contribution >= 0.6 is 23.2 Å². The predicted octanol–water partition coefficient (Wildman–Crippen LogP) is 4.21. The molecule has 42 heavy (non-hydrogen) atoms. The van der Waals surface area contributed by atoms with Crippen molar-refractivity contribution in [2.45, 2.75) is 70.6 Å². The molecule has 2 aromatic rings. The number of hydrogen-bond donors (Lipinski definition) is 5. The summed E-state index contributed by atoms with van der Waals surface area (Å²) in [5, 5.41) is 18.6. The van der Waals surface area contributed by atoms with E-state index in [1.54, 1.807) is 24.3 Å². The normalized spacial score (nSPS) is 24.2. The molecule has 5 unspecified atom stereocenters. The number of carbonyl (C=O) groups is 2. The fourth-order valence-corrected chi connectivity index (χ4v) is 6.81. The molecular formula is C28H36Cl2FN3O7S. The third-order valence-electron chi connectivity index (χ3n) is 7.42. The number of carbonyl (C=O) groups excluding carboxylic acids is 2. The van der Waals surface area contributed by atoms with Crippen LogP contribution in [0.5, 0.6) is 0 Å². The summed E-state index contributed by atoms with van der Waals surface area (Å²) in [4.78, 5) is 27.8. The van der Waals surface area contributed by atoms with Crippen LogP contribution in [0.25, 0.3) is 0 Å². The fraction of sp³-hybridized carbons (Fsp3) is 0.500. The summed E-state index contributed by atoms with van der Waals surface area (Å²) in [6.45, 7) is 5.13. The van der Waals surface area contributed by atoms with Gasteiger partial charge in [0.2, 0.25) is 11.8 Å². The minimum absolute atomic E-state index is 0.